The first kappa shape index (κ1) is 16.7. The lowest BCUT2D eigenvalue weighted by Gasteiger charge is -2.25. The van der Waals surface area contributed by atoms with E-state index in [1.54, 1.807) is 30.6 Å². The number of aromatic nitrogens is 1. The first-order chi connectivity index (χ1) is 11.6. The van der Waals surface area contributed by atoms with E-state index < -0.39 is 5.97 Å². The average Bonchev–Trinajstić information content (AvgIpc) is 3.25. The Balaban J connectivity index is 1.95. The number of hydrogen-bond donors (Lipinski definition) is 1. The van der Waals surface area contributed by atoms with Crippen molar-refractivity contribution in [2.45, 2.75) is 25.4 Å². The molecule has 1 aliphatic rings. The minimum Gasteiger partial charge on any atom is -0.497 e. The van der Waals surface area contributed by atoms with E-state index in [-0.39, 0.29) is 11.6 Å². The minimum absolute atomic E-state index is 0.219. The van der Waals surface area contributed by atoms with Gasteiger partial charge >= 0.3 is 5.97 Å². The van der Waals surface area contributed by atoms with E-state index in [1.807, 2.05) is 11.6 Å². The highest BCUT2D eigenvalue weighted by Gasteiger charge is 2.30. The van der Waals surface area contributed by atoms with Gasteiger partial charge in [0.1, 0.15) is 16.5 Å². The third kappa shape index (κ3) is 3.22. The van der Waals surface area contributed by atoms with E-state index >= 15 is 0 Å². The lowest BCUT2D eigenvalue weighted by molar-refractivity contribution is 0.0693. The molecule has 6 nitrogen and oxygen atoms in total. The van der Waals surface area contributed by atoms with Gasteiger partial charge in [-0.05, 0) is 25.5 Å². The zero-order valence-corrected chi connectivity index (χ0v) is 14.5. The maximum Gasteiger partial charge on any atom is 0.336 e. The van der Waals surface area contributed by atoms with Gasteiger partial charge in [-0.15, -0.1) is 11.3 Å². The zero-order valence-electron chi connectivity index (χ0n) is 13.7. The number of carbonyl (C=O) groups is 1. The summed E-state index contributed by atoms with van der Waals surface area (Å²) in [5.41, 5.74) is 0.894. The van der Waals surface area contributed by atoms with Crippen LogP contribution in [-0.2, 0) is 6.54 Å². The predicted octanol–water partition coefficient (Wildman–Crippen LogP) is 3.20. The van der Waals surface area contributed by atoms with E-state index in [2.05, 4.69) is 9.88 Å². The average molecular weight is 348 g/mol. The molecule has 3 rings (SSSR count). The van der Waals surface area contributed by atoms with Gasteiger partial charge in [-0.2, -0.15) is 0 Å². The number of benzene rings is 1. The Morgan fingerprint density at radius 1 is 1.42 bits per heavy atom. The van der Waals surface area contributed by atoms with E-state index in [0.29, 0.717) is 23.6 Å². The molecule has 0 bridgehead atoms. The fraction of sp³-hybridized carbons (Fsp3) is 0.412. The van der Waals surface area contributed by atoms with Crippen molar-refractivity contribution < 1.29 is 19.4 Å². The minimum atomic E-state index is -0.979. The van der Waals surface area contributed by atoms with Gasteiger partial charge in [-0.25, -0.2) is 9.78 Å². The summed E-state index contributed by atoms with van der Waals surface area (Å²) in [5, 5.41) is 12.6. The van der Waals surface area contributed by atoms with Crippen LogP contribution < -0.4 is 9.47 Å². The molecule has 1 aromatic carbocycles. The standard InChI is InChI=1S/C17H20N2O4S/c1-22-11-8-12(17(20)21)13(15(9-11)23-2)10-19-6-3-4-14(19)16-18-5-7-24-16/h5,7-9,14H,3-4,6,10H2,1-2H3,(H,20,21)/t14-/m0/s1. The molecule has 1 N–H and O–H groups in total. The van der Waals surface area contributed by atoms with Crippen molar-refractivity contribution in [3.8, 4) is 11.5 Å². The highest BCUT2D eigenvalue weighted by molar-refractivity contribution is 7.09. The summed E-state index contributed by atoms with van der Waals surface area (Å²) in [6, 6.07) is 3.52. The van der Waals surface area contributed by atoms with Crippen LogP contribution in [0.5, 0.6) is 11.5 Å². The van der Waals surface area contributed by atoms with Crippen molar-refractivity contribution in [3.63, 3.8) is 0 Å². The molecule has 0 unspecified atom stereocenters. The molecule has 2 aromatic rings. The first-order valence-corrected chi connectivity index (χ1v) is 8.63. The summed E-state index contributed by atoms with van der Waals surface area (Å²) < 4.78 is 10.6. The van der Waals surface area contributed by atoms with Crippen LogP contribution in [0.2, 0.25) is 0 Å². The van der Waals surface area contributed by atoms with Crippen LogP contribution in [-0.4, -0.2) is 41.7 Å². The van der Waals surface area contributed by atoms with Crippen LogP contribution in [0, 0.1) is 0 Å². The second kappa shape index (κ2) is 7.19. The number of nitrogens with zero attached hydrogens (tertiary/aromatic N) is 2. The Hall–Kier alpha value is -2.12. The normalized spacial score (nSPS) is 17.8. The second-order valence-corrected chi connectivity index (χ2v) is 6.59. The summed E-state index contributed by atoms with van der Waals surface area (Å²) in [5.74, 6) is 0.0367. The summed E-state index contributed by atoms with van der Waals surface area (Å²) in [4.78, 5) is 18.4. The van der Waals surface area contributed by atoms with Gasteiger partial charge < -0.3 is 14.6 Å². The molecule has 128 valence electrons. The number of thiazole rings is 1. The Kier molecular flexibility index (Phi) is 5.01. The molecule has 2 heterocycles. The molecular weight excluding hydrogens is 328 g/mol. The number of aromatic carboxylic acids is 1. The SMILES string of the molecule is COc1cc(OC)c(CN2CCC[C@H]2c2nccs2)c(C(=O)O)c1. The van der Waals surface area contributed by atoms with Crippen LogP contribution in [0.4, 0.5) is 0 Å². The van der Waals surface area contributed by atoms with E-state index in [1.165, 1.54) is 7.11 Å². The van der Waals surface area contributed by atoms with Gasteiger partial charge in [-0.3, -0.25) is 4.90 Å². The molecule has 1 aliphatic heterocycles. The monoisotopic (exact) mass is 348 g/mol. The number of rotatable bonds is 6. The summed E-state index contributed by atoms with van der Waals surface area (Å²) in [6.45, 7) is 1.43. The third-order valence-corrected chi connectivity index (χ3v) is 5.21. The van der Waals surface area contributed by atoms with E-state index in [0.717, 1.165) is 24.4 Å². The molecule has 1 saturated heterocycles. The van der Waals surface area contributed by atoms with Gasteiger partial charge in [0.2, 0.25) is 0 Å². The lowest BCUT2D eigenvalue weighted by Crippen LogP contribution is -2.24. The first-order valence-electron chi connectivity index (χ1n) is 7.75. The maximum atomic E-state index is 11.7. The second-order valence-electron chi connectivity index (χ2n) is 5.66. The smallest absolute Gasteiger partial charge is 0.336 e. The molecule has 1 fully saturated rings. The van der Waals surface area contributed by atoms with Crippen molar-refractivity contribution in [2.24, 2.45) is 0 Å². The molecule has 1 aromatic heterocycles. The number of carboxylic acids is 1. The molecule has 0 spiro atoms. The molecule has 0 saturated carbocycles. The van der Waals surface area contributed by atoms with Gasteiger partial charge in [-0.1, -0.05) is 0 Å². The third-order valence-electron chi connectivity index (χ3n) is 4.33. The maximum absolute atomic E-state index is 11.7. The summed E-state index contributed by atoms with van der Waals surface area (Å²) >= 11 is 1.64. The van der Waals surface area contributed by atoms with E-state index in [9.17, 15) is 9.90 Å². The van der Waals surface area contributed by atoms with Crippen LogP contribution in [0.15, 0.2) is 23.7 Å². The highest BCUT2D eigenvalue weighted by atomic mass is 32.1. The van der Waals surface area contributed by atoms with E-state index in [4.69, 9.17) is 9.47 Å². The van der Waals surface area contributed by atoms with Crippen molar-refractivity contribution in [2.75, 3.05) is 20.8 Å². The van der Waals surface area contributed by atoms with Crippen LogP contribution in [0.25, 0.3) is 0 Å². The number of likely N-dealkylation sites (tertiary alicyclic amines) is 1. The Bertz CT molecular complexity index is 718. The Morgan fingerprint density at radius 2 is 2.25 bits per heavy atom. The summed E-state index contributed by atoms with van der Waals surface area (Å²) in [6.07, 6.45) is 3.92. The van der Waals surface area contributed by atoms with Crippen molar-refractivity contribution in [3.05, 3.63) is 39.8 Å². The zero-order chi connectivity index (χ0) is 17.1. The number of methoxy groups -OCH3 is 2. The highest BCUT2D eigenvalue weighted by Crippen LogP contribution is 2.37. The molecular formula is C17H20N2O4S. The largest absolute Gasteiger partial charge is 0.497 e. The predicted molar refractivity (Wildman–Crippen MR) is 91.0 cm³/mol. The molecule has 24 heavy (non-hydrogen) atoms. The van der Waals surface area contributed by atoms with Gasteiger partial charge in [0, 0.05) is 29.8 Å². The van der Waals surface area contributed by atoms with Crippen molar-refractivity contribution >= 4 is 17.3 Å². The molecule has 7 heteroatoms. The van der Waals surface area contributed by atoms with Gasteiger partial charge in [0.15, 0.2) is 0 Å². The molecule has 0 amide bonds. The van der Waals surface area contributed by atoms with Gasteiger partial charge in [0.25, 0.3) is 0 Å². The summed E-state index contributed by atoms with van der Waals surface area (Å²) in [7, 11) is 3.06. The number of ether oxygens (including phenoxy) is 2. The number of hydrogen-bond acceptors (Lipinski definition) is 6. The van der Waals surface area contributed by atoms with Crippen LogP contribution >= 0.6 is 11.3 Å². The molecule has 0 radical (unpaired) electrons. The molecule has 1 atom stereocenters. The fourth-order valence-corrected chi connectivity index (χ4v) is 3.98. The van der Waals surface area contributed by atoms with Crippen molar-refractivity contribution in [1.29, 1.82) is 0 Å². The quantitative estimate of drug-likeness (QED) is 0.864. The van der Waals surface area contributed by atoms with Gasteiger partial charge in [0.05, 0.1) is 25.8 Å². The van der Waals surface area contributed by atoms with Crippen LogP contribution in [0.3, 0.4) is 0 Å². The topological polar surface area (TPSA) is 71.9 Å². The van der Waals surface area contributed by atoms with Crippen LogP contribution in [0.1, 0.15) is 39.8 Å². The lowest BCUT2D eigenvalue weighted by atomic mass is 10.0. The fourth-order valence-electron chi connectivity index (χ4n) is 3.17. The Labute approximate surface area is 144 Å². The van der Waals surface area contributed by atoms with Crippen molar-refractivity contribution in [1.82, 2.24) is 9.88 Å². The Morgan fingerprint density at radius 3 is 2.88 bits per heavy atom. The number of carboxylic acid groups (broad SMARTS) is 1. The molecule has 0 aliphatic carbocycles.